The van der Waals surface area contributed by atoms with Crippen LogP contribution in [0.2, 0.25) is 0 Å². The maximum Gasteiger partial charge on any atom is 0.355 e. The summed E-state index contributed by atoms with van der Waals surface area (Å²) >= 11 is 0. The van der Waals surface area contributed by atoms with E-state index in [-0.39, 0.29) is 24.6 Å². The number of esters is 2. The van der Waals surface area contributed by atoms with E-state index in [4.69, 9.17) is 18.6 Å². The molecule has 0 N–H and O–H groups in total. The van der Waals surface area contributed by atoms with Gasteiger partial charge in [-0.3, -0.25) is 0 Å². The third kappa shape index (κ3) is 3.56. The highest BCUT2D eigenvalue weighted by Crippen LogP contribution is 2.29. The number of anilines is 1. The van der Waals surface area contributed by atoms with Gasteiger partial charge in [-0.15, -0.1) is 0 Å². The van der Waals surface area contributed by atoms with Gasteiger partial charge in [0, 0.05) is 11.3 Å². The van der Waals surface area contributed by atoms with Gasteiger partial charge in [0.2, 0.25) is 5.89 Å². The molecule has 1 aromatic carbocycles. The van der Waals surface area contributed by atoms with Gasteiger partial charge in [0.15, 0.2) is 0 Å². The lowest BCUT2D eigenvalue weighted by Crippen LogP contribution is -2.38. The van der Waals surface area contributed by atoms with Crippen LogP contribution >= 0.6 is 0 Å². The van der Waals surface area contributed by atoms with Crippen molar-refractivity contribution in [3.05, 3.63) is 47.0 Å². The van der Waals surface area contributed by atoms with Crippen LogP contribution in [-0.4, -0.2) is 44.5 Å². The smallest absolute Gasteiger partial charge is 0.355 e. The highest BCUT2D eigenvalue weighted by Gasteiger charge is 2.32. The Balaban J connectivity index is 1.98. The molecule has 0 atom stereocenters. The number of aryl methyl sites for hydroxylation is 2. The Bertz CT molecular complexity index is 878. The maximum atomic E-state index is 12.3. The van der Waals surface area contributed by atoms with Crippen LogP contribution in [0.15, 0.2) is 40.0 Å². The van der Waals surface area contributed by atoms with Crippen molar-refractivity contribution in [2.75, 3.05) is 32.5 Å². The van der Waals surface area contributed by atoms with Crippen molar-refractivity contribution >= 4 is 17.6 Å². The molecule has 0 radical (unpaired) electrons. The molecule has 0 spiro atoms. The molecular formula is C19H20N2O6. The lowest BCUT2D eigenvalue weighted by Gasteiger charge is -2.31. The SMILES string of the molecule is COC(=O)C1=C(C(=O)OC)N(c2ccc(-c3nc(C)c(C)o3)cc2)COC1. The highest BCUT2D eigenvalue weighted by atomic mass is 16.5. The molecule has 1 aliphatic heterocycles. The normalized spacial score (nSPS) is 14.3. The van der Waals surface area contributed by atoms with E-state index >= 15 is 0 Å². The summed E-state index contributed by atoms with van der Waals surface area (Å²) in [6.45, 7) is 3.80. The minimum Gasteiger partial charge on any atom is -0.466 e. The molecule has 142 valence electrons. The third-order valence-corrected chi connectivity index (χ3v) is 4.29. The number of nitrogens with zero attached hydrogens (tertiary/aromatic N) is 2. The van der Waals surface area contributed by atoms with Crippen molar-refractivity contribution < 1.29 is 28.2 Å². The number of rotatable bonds is 4. The zero-order valence-corrected chi connectivity index (χ0v) is 15.6. The molecule has 0 saturated carbocycles. The number of hydrogen-bond donors (Lipinski definition) is 0. The first-order valence-electron chi connectivity index (χ1n) is 8.25. The molecule has 8 nitrogen and oxygen atoms in total. The van der Waals surface area contributed by atoms with E-state index in [9.17, 15) is 9.59 Å². The monoisotopic (exact) mass is 372 g/mol. The van der Waals surface area contributed by atoms with Crippen molar-refractivity contribution in [2.24, 2.45) is 0 Å². The predicted molar refractivity (Wildman–Crippen MR) is 95.8 cm³/mol. The summed E-state index contributed by atoms with van der Waals surface area (Å²) in [5, 5.41) is 0. The summed E-state index contributed by atoms with van der Waals surface area (Å²) in [5.74, 6) is 0.00625. The summed E-state index contributed by atoms with van der Waals surface area (Å²) in [7, 11) is 2.51. The van der Waals surface area contributed by atoms with Gasteiger partial charge in [0.25, 0.3) is 0 Å². The second-order valence-corrected chi connectivity index (χ2v) is 5.92. The van der Waals surface area contributed by atoms with Gasteiger partial charge in [-0.2, -0.15) is 0 Å². The van der Waals surface area contributed by atoms with E-state index in [1.54, 1.807) is 17.0 Å². The fourth-order valence-electron chi connectivity index (χ4n) is 2.73. The Hall–Kier alpha value is -3.13. The van der Waals surface area contributed by atoms with Gasteiger partial charge in [0.05, 0.1) is 32.1 Å². The van der Waals surface area contributed by atoms with Gasteiger partial charge in [-0.1, -0.05) is 0 Å². The van der Waals surface area contributed by atoms with E-state index in [1.165, 1.54) is 14.2 Å². The number of carbonyl (C=O) groups is 2. The molecule has 0 amide bonds. The molecule has 1 aliphatic rings. The number of benzene rings is 1. The zero-order chi connectivity index (χ0) is 19.6. The fraction of sp³-hybridized carbons (Fsp3) is 0.316. The van der Waals surface area contributed by atoms with Gasteiger partial charge < -0.3 is 23.5 Å². The molecule has 3 rings (SSSR count). The molecule has 0 aliphatic carbocycles. The molecule has 0 fully saturated rings. The summed E-state index contributed by atoms with van der Waals surface area (Å²) in [6, 6.07) is 7.22. The number of oxazole rings is 1. The Morgan fingerprint density at radius 1 is 1.07 bits per heavy atom. The molecule has 27 heavy (non-hydrogen) atoms. The van der Waals surface area contributed by atoms with Crippen LogP contribution in [0.5, 0.6) is 0 Å². The average Bonchev–Trinajstić information content (AvgIpc) is 3.04. The van der Waals surface area contributed by atoms with Gasteiger partial charge in [0.1, 0.15) is 18.2 Å². The molecule has 1 aromatic heterocycles. The summed E-state index contributed by atoms with van der Waals surface area (Å²) in [6.07, 6.45) is 0. The zero-order valence-electron chi connectivity index (χ0n) is 15.6. The molecule has 8 heteroatoms. The largest absolute Gasteiger partial charge is 0.466 e. The van der Waals surface area contributed by atoms with Crippen molar-refractivity contribution in [1.29, 1.82) is 0 Å². The van der Waals surface area contributed by atoms with Crippen molar-refractivity contribution in [3.63, 3.8) is 0 Å². The average molecular weight is 372 g/mol. The standard InChI is InChI=1S/C19H20N2O6/c1-11-12(2)27-17(20-11)13-5-7-14(8-6-13)21-10-26-9-15(18(22)24-3)16(21)19(23)25-4/h5-8H,9-10H2,1-4H3. The second kappa shape index (κ2) is 7.63. The van der Waals surface area contributed by atoms with Crippen LogP contribution in [0.25, 0.3) is 11.5 Å². The van der Waals surface area contributed by atoms with Gasteiger partial charge >= 0.3 is 11.9 Å². The summed E-state index contributed by atoms with van der Waals surface area (Å²) < 4.78 is 20.7. The van der Waals surface area contributed by atoms with Crippen molar-refractivity contribution in [1.82, 2.24) is 4.98 Å². The molecule has 2 heterocycles. The predicted octanol–water partition coefficient (Wildman–Crippen LogP) is 2.35. The maximum absolute atomic E-state index is 12.3. The lowest BCUT2D eigenvalue weighted by atomic mass is 10.1. The second-order valence-electron chi connectivity index (χ2n) is 5.92. The van der Waals surface area contributed by atoms with Crippen LogP contribution in [0, 0.1) is 13.8 Å². The van der Waals surface area contributed by atoms with Crippen LogP contribution in [0.1, 0.15) is 11.5 Å². The number of hydrogen-bond acceptors (Lipinski definition) is 8. The highest BCUT2D eigenvalue weighted by molar-refractivity contribution is 6.03. The van der Waals surface area contributed by atoms with Crippen LogP contribution < -0.4 is 4.90 Å². The first-order valence-corrected chi connectivity index (χ1v) is 8.25. The van der Waals surface area contributed by atoms with E-state index in [0.29, 0.717) is 11.6 Å². The van der Waals surface area contributed by atoms with E-state index in [0.717, 1.165) is 17.0 Å². The Morgan fingerprint density at radius 2 is 1.74 bits per heavy atom. The number of methoxy groups -OCH3 is 2. The number of ether oxygens (including phenoxy) is 3. The van der Waals surface area contributed by atoms with E-state index < -0.39 is 11.9 Å². The third-order valence-electron chi connectivity index (χ3n) is 4.29. The lowest BCUT2D eigenvalue weighted by molar-refractivity contribution is -0.140. The quantitative estimate of drug-likeness (QED) is 0.756. The van der Waals surface area contributed by atoms with Crippen LogP contribution in [0.3, 0.4) is 0 Å². The molecule has 0 saturated heterocycles. The van der Waals surface area contributed by atoms with Crippen molar-refractivity contribution in [3.8, 4) is 11.5 Å². The minimum atomic E-state index is -0.637. The van der Waals surface area contributed by atoms with Crippen LogP contribution in [-0.2, 0) is 23.8 Å². The molecular weight excluding hydrogens is 352 g/mol. The Kier molecular flexibility index (Phi) is 5.27. The van der Waals surface area contributed by atoms with E-state index in [2.05, 4.69) is 4.98 Å². The van der Waals surface area contributed by atoms with E-state index in [1.807, 2.05) is 26.0 Å². The summed E-state index contributed by atoms with van der Waals surface area (Å²) in [5.41, 5.74) is 2.49. The molecule has 0 bridgehead atoms. The minimum absolute atomic E-state index is 0.0272. The first-order chi connectivity index (χ1) is 13.0. The summed E-state index contributed by atoms with van der Waals surface area (Å²) in [4.78, 5) is 30.3. The molecule has 2 aromatic rings. The number of carbonyl (C=O) groups excluding carboxylic acids is 2. The fourth-order valence-corrected chi connectivity index (χ4v) is 2.73. The number of aromatic nitrogens is 1. The van der Waals surface area contributed by atoms with Gasteiger partial charge in [-0.05, 0) is 38.1 Å². The van der Waals surface area contributed by atoms with Gasteiger partial charge in [-0.25, -0.2) is 14.6 Å². The Labute approximate surface area is 156 Å². The van der Waals surface area contributed by atoms with Crippen LogP contribution in [0.4, 0.5) is 5.69 Å². The molecule has 0 unspecified atom stereocenters. The van der Waals surface area contributed by atoms with Crippen molar-refractivity contribution in [2.45, 2.75) is 13.8 Å². The first kappa shape index (κ1) is 18.7. The topological polar surface area (TPSA) is 91.1 Å². The Morgan fingerprint density at radius 3 is 2.30 bits per heavy atom.